The summed E-state index contributed by atoms with van der Waals surface area (Å²) < 4.78 is 10.9. The van der Waals surface area contributed by atoms with Crippen LogP contribution in [0.2, 0.25) is 0 Å². The van der Waals surface area contributed by atoms with Gasteiger partial charge in [0.25, 0.3) is 0 Å². The maximum Gasteiger partial charge on any atom is 0.147 e. The molecule has 3 aromatic rings. The summed E-state index contributed by atoms with van der Waals surface area (Å²) in [5.74, 6) is 2.98. The Labute approximate surface area is 314 Å². The highest BCUT2D eigenvalue weighted by Crippen LogP contribution is 2.38. The Morgan fingerprint density at radius 2 is 1.46 bits per heavy atom. The minimum atomic E-state index is -0.233. The number of allylic oxidation sites excluding steroid dienone is 1. The van der Waals surface area contributed by atoms with Crippen LogP contribution < -0.4 is 0 Å². The third kappa shape index (κ3) is 14.4. The van der Waals surface area contributed by atoms with E-state index in [1.807, 2.05) is 14.2 Å². The van der Waals surface area contributed by atoms with Crippen LogP contribution >= 0.6 is 0 Å². The number of aliphatic hydroxyl groups excluding tert-OH is 1. The number of hydrogen-bond acceptors (Lipinski definition) is 5. The number of ether oxygens (including phenoxy) is 2. The molecule has 0 saturated heterocycles. The first-order valence-electron chi connectivity index (χ1n) is 19.4. The van der Waals surface area contributed by atoms with Crippen molar-refractivity contribution in [3.05, 3.63) is 119 Å². The number of rotatable bonds is 16. The van der Waals surface area contributed by atoms with Crippen LogP contribution in [0.25, 0.3) is 11.1 Å². The summed E-state index contributed by atoms with van der Waals surface area (Å²) in [6.07, 6.45) is 16.4. The number of hydrogen-bond donors (Lipinski definition) is 1. The van der Waals surface area contributed by atoms with Crippen molar-refractivity contribution in [2.75, 3.05) is 34.0 Å². The molecule has 2 unspecified atom stereocenters. The smallest absolute Gasteiger partial charge is 0.147 e. The molecule has 3 aromatic carbocycles. The summed E-state index contributed by atoms with van der Waals surface area (Å²) in [7, 11) is 3.65. The highest BCUT2D eigenvalue weighted by molar-refractivity contribution is 5.72. The third-order valence-electron chi connectivity index (χ3n) is 10.8. The van der Waals surface area contributed by atoms with E-state index in [4.69, 9.17) is 14.6 Å². The monoisotopic (exact) mass is 708 g/mol. The first-order valence-corrected chi connectivity index (χ1v) is 19.4. The van der Waals surface area contributed by atoms with Crippen LogP contribution in [-0.2, 0) is 44.7 Å². The predicted molar refractivity (Wildman–Crippen MR) is 216 cm³/mol. The second-order valence-corrected chi connectivity index (χ2v) is 14.8. The maximum absolute atomic E-state index is 9.48. The van der Waals surface area contributed by atoms with Crippen molar-refractivity contribution in [1.82, 2.24) is 0 Å². The molecule has 0 heterocycles. The van der Waals surface area contributed by atoms with Crippen molar-refractivity contribution in [3.8, 4) is 11.1 Å². The molecule has 2 aliphatic rings. The molecule has 1 N–H and O–H groups in total. The van der Waals surface area contributed by atoms with Crippen molar-refractivity contribution in [3.63, 3.8) is 0 Å². The van der Waals surface area contributed by atoms with Crippen molar-refractivity contribution < 1.29 is 24.2 Å². The number of benzene rings is 3. The normalized spacial score (nSPS) is 18.4. The van der Waals surface area contributed by atoms with Crippen LogP contribution in [0, 0.1) is 17.8 Å². The Morgan fingerprint density at radius 1 is 0.827 bits per heavy atom. The summed E-state index contributed by atoms with van der Waals surface area (Å²) >= 11 is 0. The standard InChI is InChI=1S/C39H52O2.C4H6O2.C4H6O/c1-4-5-29-8-14-32(15-9-29)35-20-22-38-27-36(21-23-37(38)26-35)33-16-10-30(11-17-33)6-7-31-12-18-34(19-13-31)39(28-41-3)24-25-40-2;1-4(2-5)3-6;1-4(2)3-5/h8-11,14-17,21,23,27,31,34-35,39H,4-7,12-13,18-20,22,24-26,28H2,1-3H3;2,6H,1,3H2;3H,1H2,2H3. The molecule has 52 heavy (non-hydrogen) atoms. The molecule has 0 aliphatic heterocycles. The number of carbonyl (C=O) groups is 2. The lowest BCUT2D eigenvalue weighted by atomic mass is 9.73. The Morgan fingerprint density at radius 3 is 2.02 bits per heavy atom. The van der Waals surface area contributed by atoms with E-state index in [-0.39, 0.29) is 12.2 Å². The summed E-state index contributed by atoms with van der Waals surface area (Å²) in [6, 6.07) is 26.1. The molecular formula is C47H64O5. The predicted octanol–water partition coefficient (Wildman–Crippen LogP) is 10.1. The fourth-order valence-corrected chi connectivity index (χ4v) is 7.62. The highest BCUT2D eigenvalue weighted by atomic mass is 16.5. The topological polar surface area (TPSA) is 72.8 Å². The molecule has 2 atom stereocenters. The average molecular weight is 709 g/mol. The van der Waals surface area contributed by atoms with Gasteiger partial charge in [-0.1, -0.05) is 106 Å². The van der Waals surface area contributed by atoms with Gasteiger partial charge in [0, 0.05) is 33.0 Å². The zero-order valence-corrected chi connectivity index (χ0v) is 32.4. The van der Waals surface area contributed by atoms with Gasteiger partial charge in [-0.2, -0.15) is 0 Å². The summed E-state index contributed by atoms with van der Waals surface area (Å²) in [5.41, 5.74) is 11.1. The molecular weight excluding hydrogens is 645 g/mol. The van der Waals surface area contributed by atoms with Gasteiger partial charge in [0.1, 0.15) is 12.6 Å². The lowest BCUT2D eigenvalue weighted by Gasteiger charge is -2.33. The van der Waals surface area contributed by atoms with Crippen LogP contribution in [0.3, 0.4) is 0 Å². The third-order valence-corrected chi connectivity index (χ3v) is 10.8. The van der Waals surface area contributed by atoms with E-state index in [2.05, 4.69) is 86.8 Å². The SMILES string of the molecule is C=C(C)C=O.C=C(C=O)CO.CCCc1ccc(C2CCc3cc(-c4ccc(CCC5CCC(C(CCOC)COC)CC5)cc4)ccc3C2)cc1. The van der Waals surface area contributed by atoms with Gasteiger partial charge in [-0.15, -0.1) is 0 Å². The molecule has 0 spiro atoms. The Hall–Kier alpha value is -3.64. The van der Waals surface area contributed by atoms with Crippen LogP contribution in [-0.4, -0.2) is 51.7 Å². The molecule has 282 valence electrons. The van der Waals surface area contributed by atoms with Gasteiger partial charge in [-0.25, -0.2) is 0 Å². The molecule has 5 rings (SSSR count). The van der Waals surface area contributed by atoms with E-state index in [1.54, 1.807) is 18.1 Å². The van der Waals surface area contributed by atoms with Crippen LogP contribution in [0.5, 0.6) is 0 Å². The van der Waals surface area contributed by atoms with E-state index in [9.17, 15) is 9.59 Å². The van der Waals surface area contributed by atoms with E-state index in [0.29, 0.717) is 23.7 Å². The van der Waals surface area contributed by atoms with Gasteiger partial charge in [0.2, 0.25) is 0 Å². The van der Waals surface area contributed by atoms with Gasteiger partial charge < -0.3 is 14.6 Å². The quantitative estimate of drug-likeness (QED) is 0.118. The van der Waals surface area contributed by atoms with Crippen molar-refractivity contribution in [2.24, 2.45) is 17.8 Å². The molecule has 2 aliphatic carbocycles. The average Bonchev–Trinajstić information content (AvgIpc) is 3.19. The summed E-state index contributed by atoms with van der Waals surface area (Å²) in [5, 5.41) is 8.00. The van der Waals surface area contributed by atoms with E-state index < -0.39 is 0 Å². The second kappa shape index (κ2) is 23.8. The van der Waals surface area contributed by atoms with Crippen LogP contribution in [0.1, 0.15) is 98.9 Å². The van der Waals surface area contributed by atoms with Crippen molar-refractivity contribution in [2.45, 2.75) is 96.8 Å². The van der Waals surface area contributed by atoms with E-state index >= 15 is 0 Å². The number of methoxy groups -OCH3 is 2. The number of carbonyl (C=O) groups excluding carboxylic acids is 2. The van der Waals surface area contributed by atoms with Gasteiger partial charge in [0.05, 0.1) is 6.61 Å². The van der Waals surface area contributed by atoms with Gasteiger partial charge >= 0.3 is 0 Å². The van der Waals surface area contributed by atoms with Crippen molar-refractivity contribution in [1.29, 1.82) is 0 Å². The summed E-state index contributed by atoms with van der Waals surface area (Å²) in [6.45, 7) is 11.9. The zero-order valence-electron chi connectivity index (χ0n) is 32.4. The first-order chi connectivity index (χ1) is 25.2. The maximum atomic E-state index is 9.48. The molecule has 1 saturated carbocycles. The first kappa shape index (κ1) is 42.8. The van der Waals surface area contributed by atoms with Gasteiger partial charge in [-0.3, -0.25) is 9.59 Å². The van der Waals surface area contributed by atoms with E-state index in [1.165, 1.54) is 98.4 Å². The highest BCUT2D eigenvalue weighted by Gasteiger charge is 2.27. The number of aliphatic hydroxyl groups is 1. The Balaban J connectivity index is 0.000000578. The molecule has 0 amide bonds. The molecule has 5 heteroatoms. The van der Waals surface area contributed by atoms with E-state index in [0.717, 1.165) is 37.8 Å². The molecule has 5 nitrogen and oxygen atoms in total. The zero-order chi connectivity index (χ0) is 37.7. The Kier molecular flexibility index (Phi) is 19.6. The van der Waals surface area contributed by atoms with Crippen LogP contribution in [0.4, 0.5) is 0 Å². The number of aryl methyl sites for hydroxylation is 3. The summed E-state index contributed by atoms with van der Waals surface area (Å²) in [4.78, 5) is 18.9. The fraction of sp³-hybridized carbons (Fsp3) is 0.489. The molecule has 1 fully saturated rings. The minimum Gasteiger partial charge on any atom is -0.392 e. The second-order valence-electron chi connectivity index (χ2n) is 14.8. The molecule has 0 radical (unpaired) electrons. The lowest BCUT2D eigenvalue weighted by molar-refractivity contribution is -0.105. The number of aldehydes is 2. The van der Waals surface area contributed by atoms with Gasteiger partial charge in [0.15, 0.2) is 0 Å². The van der Waals surface area contributed by atoms with Crippen molar-refractivity contribution >= 4 is 12.6 Å². The Bertz CT molecular complexity index is 1500. The molecule has 0 aromatic heterocycles. The molecule has 0 bridgehead atoms. The lowest BCUT2D eigenvalue weighted by Crippen LogP contribution is -2.26. The van der Waals surface area contributed by atoms with Crippen LogP contribution in [0.15, 0.2) is 91.0 Å². The largest absolute Gasteiger partial charge is 0.392 e. The fourth-order valence-electron chi connectivity index (χ4n) is 7.62. The number of fused-ring (bicyclic) bond motifs is 1. The minimum absolute atomic E-state index is 0.218. The van der Waals surface area contributed by atoms with Gasteiger partial charge in [-0.05, 0) is 133 Å².